The van der Waals surface area contributed by atoms with Crippen LogP contribution in [0, 0.1) is 0 Å². The van der Waals surface area contributed by atoms with Crippen molar-refractivity contribution in [2.75, 3.05) is 6.54 Å². The van der Waals surface area contributed by atoms with Crippen LogP contribution in [0.3, 0.4) is 0 Å². The monoisotopic (exact) mass is 211 g/mol. The van der Waals surface area contributed by atoms with E-state index in [9.17, 15) is 0 Å². The lowest BCUT2D eigenvalue weighted by molar-refractivity contribution is 0.592. The Morgan fingerprint density at radius 1 is 0.733 bits per heavy atom. The SMILES string of the molecule is CCCCCCCCCC=CCCCN. The van der Waals surface area contributed by atoms with E-state index in [2.05, 4.69) is 19.1 Å². The average molecular weight is 211 g/mol. The quantitative estimate of drug-likeness (QED) is 0.397. The molecule has 0 spiro atoms. The third kappa shape index (κ3) is 13.7. The average Bonchev–Trinajstić information content (AvgIpc) is 2.26. The highest BCUT2D eigenvalue weighted by Gasteiger charge is 1.89. The summed E-state index contributed by atoms with van der Waals surface area (Å²) in [6.07, 6.45) is 18.0. The lowest BCUT2D eigenvalue weighted by Gasteiger charge is -1.98. The number of nitrogens with two attached hydrogens (primary N) is 1. The molecule has 0 radical (unpaired) electrons. The lowest BCUT2D eigenvalue weighted by Crippen LogP contribution is -1.96. The minimum Gasteiger partial charge on any atom is -0.330 e. The van der Waals surface area contributed by atoms with Gasteiger partial charge in [-0.15, -0.1) is 0 Å². The maximum Gasteiger partial charge on any atom is -0.00743 e. The van der Waals surface area contributed by atoms with Crippen LogP contribution in [0.25, 0.3) is 0 Å². The molecule has 1 heteroatoms. The molecule has 0 bridgehead atoms. The molecule has 90 valence electrons. The second-order valence-electron chi connectivity index (χ2n) is 4.31. The van der Waals surface area contributed by atoms with E-state index in [1.807, 2.05) is 0 Å². The summed E-state index contributed by atoms with van der Waals surface area (Å²) in [5.41, 5.74) is 5.41. The van der Waals surface area contributed by atoms with Crippen LogP contribution in [-0.2, 0) is 0 Å². The van der Waals surface area contributed by atoms with E-state index < -0.39 is 0 Å². The van der Waals surface area contributed by atoms with E-state index in [4.69, 9.17) is 5.73 Å². The highest BCUT2D eigenvalue weighted by Crippen LogP contribution is 2.08. The smallest absolute Gasteiger partial charge is 0.00743 e. The second-order valence-corrected chi connectivity index (χ2v) is 4.31. The maximum absolute atomic E-state index is 5.41. The highest BCUT2D eigenvalue weighted by molar-refractivity contribution is 4.81. The number of rotatable bonds is 11. The van der Waals surface area contributed by atoms with E-state index in [1.54, 1.807) is 0 Å². The van der Waals surface area contributed by atoms with Crippen molar-refractivity contribution in [3.63, 3.8) is 0 Å². The van der Waals surface area contributed by atoms with Gasteiger partial charge >= 0.3 is 0 Å². The van der Waals surface area contributed by atoms with Gasteiger partial charge in [0.05, 0.1) is 0 Å². The zero-order chi connectivity index (χ0) is 11.2. The molecule has 0 unspecified atom stereocenters. The number of hydrogen-bond donors (Lipinski definition) is 1. The van der Waals surface area contributed by atoms with Crippen molar-refractivity contribution in [2.45, 2.75) is 71.1 Å². The van der Waals surface area contributed by atoms with Gasteiger partial charge in [0, 0.05) is 0 Å². The molecule has 0 aromatic heterocycles. The van der Waals surface area contributed by atoms with Crippen molar-refractivity contribution in [3.8, 4) is 0 Å². The first-order valence-electron chi connectivity index (χ1n) is 6.77. The Kier molecular flexibility index (Phi) is 13.4. The van der Waals surface area contributed by atoms with Crippen LogP contribution < -0.4 is 5.73 Å². The molecule has 0 aliphatic heterocycles. The van der Waals surface area contributed by atoms with Gasteiger partial charge in [-0.25, -0.2) is 0 Å². The van der Waals surface area contributed by atoms with E-state index >= 15 is 0 Å². The maximum atomic E-state index is 5.41. The Balaban J connectivity index is 2.95. The molecule has 0 saturated heterocycles. The molecule has 0 amide bonds. The molecular weight excluding hydrogens is 182 g/mol. The summed E-state index contributed by atoms with van der Waals surface area (Å²) < 4.78 is 0. The molecule has 0 fully saturated rings. The standard InChI is InChI=1S/C14H29N/c1-2-3-4-5-6-7-8-9-10-11-12-13-14-15/h10-11H,2-9,12-15H2,1H3. The van der Waals surface area contributed by atoms with Gasteiger partial charge in [0.15, 0.2) is 0 Å². The van der Waals surface area contributed by atoms with Crippen LogP contribution in [0.5, 0.6) is 0 Å². The van der Waals surface area contributed by atoms with E-state index in [0.29, 0.717) is 0 Å². The number of unbranched alkanes of at least 4 members (excludes halogenated alkanes) is 8. The first kappa shape index (κ1) is 14.7. The zero-order valence-corrected chi connectivity index (χ0v) is 10.5. The summed E-state index contributed by atoms with van der Waals surface area (Å²) >= 11 is 0. The van der Waals surface area contributed by atoms with Crippen molar-refractivity contribution in [1.29, 1.82) is 0 Å². The molecule has 0 heterocycles. The molecule has 0 rings (SSSR count). The van der Waals surface area contributed by atoms with Crippen molar-refractivity contribution >= 4 is 0 Å². The molecule has 0 aliphatic rings. The molecule has 0 aliphatic carbocycles. The summed E-state index contributed by atoms with van der Waals surface area (Å²) in [5.74, 6) is 0. The largest absolute Gasteiger partial charge is 0.330 e. The van der Waals surface area contributed by atoms with Gasteiger partial charge in [-0.2, -0.15) is 0 Å². The summed E-state index contributed by atoms with van der Waals surface area (Å²) in [6.45, 7) is 3.09. The van der Waals surface area contributed by atoms with Gasteiger partial charge in [-0.1, -0.05) is 57.6 Å². The normalized spacial score (nSPS) is 11.3. The van der Waals surface area contributed by atoms with Crippen LogP contribution in [0.1, 0.15) is 71.1 Å². The molecule has 2 N–H and O–H groups in total. The molecule has 0 aromatic carbocycles. The highest BCUT2D eigenvalue weighted by atomic mass is 14.5. The van der Waals surface area contributed by atoms with Crippen molar-refractivity contribution in [2.24, 2.45) is 5.73 Å². The lowest BCUT2D eigenvalue weighted by atomic mass is 10.1. The molecule has 15 heavy (non-hydrogen) atoms. The van der Waals surface area contributed by atoms with E-state index in [0.717, 1.165) is 19.4 Å². The van der Waals surface area contributed by atoms with E-state index in [1.165, 1.54) is 51.4 Å². The fourth-order valence-corrected chi connectivity index (χ4v) is 1.69. The van der Waals surface area contributed by atoms with Gasteiger partial charge in [0.1, 0.15) is 0 Å². The predicted molar refractivity (Wildman–Crippen MR) is 70.0 cm³/mol. The predicted octanol–water partition coefficient (Wildman–Crippen LogP) is 4.42. The Hall–Kier alpha value is -0.300. The Bertz CT molecular complexity index is 129. The molecule has 0 saturated carbocycles. The minimum atomic E-state index is 0.821. The molecule has 0 atom stereocenters. The third-order valence-electron chi connectivity index (χ3n) is 2.72. The van der Waals surface area contributed by atoms with Crippen LogP contribution in [-0.4, -0.2) is 6.54 Å². The fraction of sp³-hybridized carbons (Fsp3) is 0.857. The topological polar surface area (TPSA) is 26.0 Å². The van der Waals surface area contributed by atoms with Gasteiger partial charge < -0.3 is 5.73 Å². The second kappa shape index (κ2) is 13.7. The van der Waals surface area contributed by atoms with Crippen LogP contribution >= 0.6 is 0 Å². The minimum absolute atomic E-state index is 0.821. The summed E-state index contributed by atoms with van der Waals surface area (Å²) in [6, 6.07) is 0. The van der Waals surface area contributed by atoms with Crippen LogP contribution in [0.2, 0.25) is 0 Å². The third-order valence-corrected chi connectivity index (χ3v) is 2.72. The van der Waals surface area contributed by atoms with E-state index in [-0.39, 0.29) is 0 Å². The van der Waals surface area contributed by atoms with Crippen molar-refractivity contribution < 1.29 is 0 Å². The summed E-state index contributed by atoms with van der Waals surface area (Å²) in [4.78, 5) is 0. The first-order chi connectivity index (χ1) is 7.41. The van der Waals surface area contributed by atoms with Crippen LogP contribution in [0.4, 0.5) is 0 Å². The molecule has 1 nitrogen and oxygen atoms in total. The number of hydrogen-bond acceptors (Lipinski definition) is 1. The Morgan fingerprint density at radius 2 is 1.27 bits per heavy atom. The Labute approximate surface area is 96.1 Å². The van der Waals surface area contributed by atoms with Crippen LogP contribution in [0.15, 0.2) is 12.2 Å². The Morgan fingerprint density at radius 3 is 1.87 bits per heavy atom. The fourth-order valence-electron chi connectivity index (χ4n) is 1.69. The first-order valence-corrected chi connectivity index (χ1v) is 6.77. The van der Waals surface area contributed by atoms with Gasteiger partial charge in [-0.3, -0.25) is 0 Å². The molecule has 0 aromatic rings. The van der Waals surface area contributed by atoms with Gasteiger partial charge in [0.2, 0.25) is 0 Å². The summed E-state index contributed by atoms with van der Waals surface area (Å²) in [5, 5.41) is 0. The molecular formula is C14H29N. The summed E-state index contributed by atoms with van der Waals surface area (Å²) in [7, 11) is 0. The van der Waals surface area contributed by atoms with Gasteiger partial charge in [-0.05, 0) is 32.2 Å². The number of allylic oxidation sites excluding steroid dienone is 2. The zero-order valence-electron chi connectivity index (χ0n) is 10.5. The van der Waals surface area contributed by atoms with Crippen molar-refractivity contribution in [1.82, 2.24) is 0 Å². The van der Waals surface area contributed by atoms with Gasteiger partial charge in [0.25, 0.3) is 0 Å². The van der Waals surface area contributed by atoms with Crippen molar-refractivity contribution in [3.05, 3.63) is 12.2 Å².